The summed E-state index contributed by atoms with van der Waals surface area (Å²) < 4.78 is 0. The van der Waals surface area contributed by atoms with Crippen LogP contribution in [0.2, 0.25) is 0 Å². The van der Waals surface area contributed by atoms with Gasteiger partial charge in [-0.2, -0.15) is 0 Å². The minimum atomic E-state index is 1.10. The van der Waals surface area contributed by atoms with E-state index in [2.05, 4.69) is 12.2 Å². The minimum absolute atomic E-state index is 1.10. The van der Waals surface area contributed by atoms with Crippen molar-refractivity contribution in [2.24, 2.45) is 11.8 Å². The van der Waals surface area contributed by atoms with E-state index in [1.54, 1.807) is 0 Å². The predicted octanol–water partition coefficient (Wildman–Crippen LogP) is 3.53. The minimum Gasteiger partial charge on any atom is -0.0885 e. The summed E-state index contributed by atoms with van der Waals surface area (Å²) in [4.78, 5) is 0. The van der Waals surface area contributed by atoms with Gasteiger partial charge in [0.05, 0.1) is 0 Å². The summed E-state index contributed by atoms with van der Waals surface area (Å²) in [7, 11) is 0. The molecule has 0 radical (unpaired) electrons. The molecule has 0 heterocycles. The largest absolute Gasteiger partial charge is 0.0885 e. The molecule has 0 aromatic rings. The van der Waals surface area contributed by atoms with Gasteiger partial charge in [0.1, 0.15) is 0 Å². The summed E-state index contributed by atoms with van der Waals surface area (Å²) >= 11 is 0. The third-order valence-electron chi connectivity index (χ3n) is 3.39. The van der Waals surface area contributed by atoms with Crippen molar-refractivity contribution in [3.63, 3.8) is 0 Å². The Morgan fingerprint density at radius 1 is 0.727 bits per heavy atom. The smallest absolute Gasteiger partial charge is 0.0348 e. The molecule has 62 valence electrons. The van der Waals surface area contributed by atoms with Crippen LogP contribution in [0.5, 0.6) is 0 Å². The molecule has 0 nitrogen and oxygen atoms in total. The molecular formula is C11H18. The zero-order valence-electron chi connectivity index (χ0n) is 7.26. The SMILES string of the molecule is C1=CCCC2CCCC2CC1. The fourth-order valence-corrected chi connectivity index (χ4v) is 2.73. The molecule has 1 fully saturated rings. The predicted molar refractivity (Wildman–Crippen MR) is 48.4 cm³/mol. The molecule has 2 atom stereocenters. The normalized spacial score (nSPS) is 37.8. The van der Waals surface area contributed by atoms with Gasteiger partial charge in [0.25, 0.3) is 0 Å². The summed E-state index contributed by atoms with van der Waals surface area (Å²) in [6.45, 7) is 0. The van der Waals surface area contributed by atoms with E-state index < -0.39 is 0 Å². The van der Waals surface area contributed by atoms with Crippen LogP contribution in [0.3, 0.4) is 0 Å². The second-order valence-electron chi connectivity index (χ2n) is 4.08. The van der Waals surface area contributed by atoms with E-state index in [-0.39, 0.29) is 0 Å². The molecule has 0 amide bonds. The molecule has 0 heteroatoms. The fraction of sp³-hybridized carbons (Fsp3) is 0.818. The van der Waals surface area contributed by atoms with E-state index in [0.29, 0.717) is 0 Å². The quantitative estimate of drug-likeness (QED) is 0.463. The van der Waals surface area contributed by atoms with Crippen LogP contribution in [0.1, 0.15) is 44.9 Å². The van der Waals surface area contributed by atoms with Gasteiger partial charge in [0.15, 0.2) is 0 Å². The molecular weight excluding hydrogens is 132 g/mol. The van der Waals surface area contributed by atoms with Gasteiger partial charge in [0.2, 0.25) is 0 Å². The first-order chi connectivity index (χ1) is 5.47. The van der Waals surface area contributed by atoms with Crippen molar-refractivity contribution in [2.75, 3.05) is 0 Å². The summed E-state index contributed by atoms with van der Waals surface area (Å²) in [6.07, 6.45) is 15.0. The number of allylic oxidation sites excluding steroid dienone is 2. The summed E-state index contributed by atoms with van der Waals surface area (Å²) in [5.41, 5.74) is 0. The lowest BCUT2D eigenvalue weighted by molar-refractivity contribution is 0.343. The van der Waals surface area contributed by atoms with E-state index in [0.717, 1.165) is 11.8 Å². The number of hydrogen-bond donors (Lipinski definition) is 0. The third kappa shape index (κ3) is 1.66. The molecule has 0 aromatic carbocycles. The Morgan fingerprint density at radius 2 is 1.27 bits per heavy atom. The van der Waals surface area contributed by atoms with Crippen molar-refractivity contribution in [1.29, 1.82) is 0 Å². The van der Waals surface area contributed by atoms with Gasteiger partial charge in [-0.05, 0) is 37.5 Å². The summed E-state index contributed by atoms with van der Waals surface area (Å²) in [5.74, 6) is 2.19. The summed E-state index contributed by atoms with van der Waals surface area (Å²) in [6, 6.07) is 0. The summed E-state index contributed by atoms with van der Waals surface area (Å²) in [5, 5.41) is 0. The highest BCUT2D eigenvalue weighted by Gasteiger charge is 2.26. The van der Waals surface area contributed by atoms with Crippen molar-refractivity contribution < 1.29 is 0 Å². The lowest BCUT2D eigenvalue weighted by Gasteiger charge is -2.19. The highest BCUT2D eigenvalue weighted by Crippen LogP contribution is 2.38. The Bertz CT molecular complexity index is 130. The molecule has 2 unspecified atom stereocenters. The molecule has 0 bridgehead atoms. The van der Waals surface area contributed by atoms with Gasteiger partial charge in [0, 0.05) is 0 Å². The Morgan fingerprint density at radius 3 is 1.82 bits per heavy atom. The molecule has 0 spiro atoms. The standard InChI is InChI=1S/C11H18/c1-2-4-7-11-9-5-8-10(11)6-3-1/h1-2,10-11H,3-9H2. The zero-order valence-corrected chi connectivity index (χ0v) is 7.26. The highest BCUT2D eigenvalue weighted by atomic mass is 14.3. The average molecular weight is 150 g/mol. The van der Waals surface area contributed by atoms with Gasteiger partial charge in [-0.15, -0.1) is 0 Å². The second-order valence-corrected chi connectivity index (χ2v) is 4.08. The maximum atomic E-state index is 2.38. The molecule has 0 aliphatic heterocycles. The number of hydrogen-bond acceptors (Lipinski definition) is 0. The highest BCUT2D eigenvalue weighted by molar-refractivity contribution is 4.89. The van der Waals surface area contributed by atoms with Gasteiger partial charge >= 0.3 is 0 Å². The lowest BCUT2D eigenvalue weighted by Crippen LogP contribution is -2.08. The van der Waals surface area contributed by atoms with Crippen molar-refractivity contribution >= 4 is 0 Å². The molecule has 11 heavy (non-hydrogen) atoms. The Kier molecular flexibility index (Phi) is 2.30. The van der Waals surface area contributed by atoms with Crippen LogP contribution in [0.15, 0.2) is 12.2 Å². The van der Waals surface area contributed by atoms with Crippen LogP contribution >= 0.6 is 0 Å². The Balaban J connectivity index is 1.97. The zero-order chi connectivity index (χ0) is 7.52. The maximum Gasteiger partial charge on any atom is -0.0348 e. The van der Waals surface area contributed by atoms with Gasteiger partial charge in [-0.3, -0.25) is 0 Å². The van der Waals surface area contributed by atoms with Crippen molar-refractivity contribution in [3.8, 4) is 0 Å². The van der Waals surface area contributed by atoms with Crippen LogP contribution in [-0.2, 0) is 0 Å². The lowest BCUT2D eigenvalue weighted by atomic mass is 9.86. The first-order valence-corrected chi connectivity index (χ1v) is 5.12. The van der Waals surface area contributed by atoms with E-state index in [9.17, 15) is 0 Å². The van der Waals surface area contributed by atoms with Crippen molar-refractivity contribution in [1.82, 2.24) is 0 Å². The van der Waals surface area contributed by atoms with Crippen LogP contribution in [-0.4, -0.2) is 0 Å². The number of rotatable bonds is 0. The van der Waals surface area contributed by atoms with E-state index >= 15 is 0 Å². The first kappa shape index (κ1) is 7.39. The third-order valence-corrected chi connectivity index (χ3v) is 3.39. The molecule has 0 aromatic heterocycles. The van der Waals surface area contributed by atoms with Crippen LogP contribution < -0.4 is 0 Å². The molecule has 0 saturated heterocycles. The molecule has 1 saturated carbocycles. The molecule has 2 aliphatic carbocycles. The second kappa shape index (κ2) is 3.42. The van der Waals surface area contributed by atoms with Crippen molar-refractivity contribution in [2.45, 2.75) is 44.9 Å². The van der Waals surface area contributed by atoms with Crippen LogP contribution in [0.4, 0.5) is 0 Å². The van der Waals surface area contributed by atoms with Gasteiger partial charge in [-0.1, -0.05) is 31.4 Å². The topological polar surface area (TPSA) is 0 Å². The van der Waals surface area contributed by atoms with Gasteiger partial charge in [-0.25, -0.2) is 0 Å². The first-order valence-electron chi connectivity index (χ1n) is 5.12. The molecule has 2 rings (SSSR count). The number of fused-ring (bicyclic) bond motifs is 1. The van der Waals surface area contributed by atoms with E-state index in [4.69, 9.17) is 0 Å². The van der Waals surface area contributed by atoms with E-state index in [1.165, 1.54) is 44.9 Å². The Hall–Kier alpha value is -0.260. The maximum absolute atomic E-state index is 2.38. The molecule has 0 N–H and O–H groups in total. The van der Waals surface area contributed by atoms with Crippen LogP contribution in [0, 0.1) is 11.8 Å². The van der Waals surface area contributed by atoms with Crippen LogP contribution in [0.25, 0.3) is 0 Å². The van der Waals surface area contributed by atoms with E-state index in [1.807, 2.05) is 0 Å². The molecule has 2 aliphatic rings. The fourth-order valence-electron chi connectivity index (χ4n) is 2.73. The van der Waals surface area contributed by atoms with Crippen molar-refractivity contribution in [3.05, 3.63) is 12.2 Å². The Labute approximate surface area is 69.7 Å². The average Bonchev–Trinajstić information content (AvgIpc) is 2.35. The van der Waals surface area contributed by atoms with Gasteiger partial charge < -0.3 is 0 Å². The monoisotopic (exact) mass is 150 g/mol.